The van der Waals surface area contributed by atoms with Gasteiger partial charge >= 0.3 is 0 Å². The number of nitrogens with one attached hydrogen (secondary N) is 2. The van der Waals surface area contributed by atoms with E-state index in [0.717, 1.165) is 16.9 Å². The Bertz CT molecular complexity index is 875. The number of carbonyl (C=O) groups excluding carboxylic acids is 2. The molecule has 2 N–H and O–H groups in total. The fourth-order valence-corrected chi connectivity index (χ4v) is 3.12. The van der Waals surface area contributed by atoms with E-state index in [4.69, 9.17) is 14.2 Å². The summed E-state index contributed by atoms with van der Waals surface area (Å²) < 4.78 is 15.6. The summed E-state index contributed by atoms with van der Waals surface area (Å²) in [5.74, 6) is 1.49. The first-order chi connectivity index (χ1) is 14.0. The van der Waals surface area contributed by atoms with E-state index in [0.29, 0.717) is 37.4 Å². The lowest BCUT2D eigenvalue weighted by Crippen LogP contribution is -2.42. The minimum atomic E-state index is -0.969. The molecule has 0 heterocycles. The quantitative estimate of drug-likeness (QED) is 0.634. The normalized spacial score (nSPS) is 13.9. The van der Waals surface area contributed by atoms with Gasteiger partial charge in [0.25, 0.3) is 0 Å². The summed E-state index contributed by atoms with van der Waals surface area (Å²) in [6.07, 6.45) is 1.11. The van der Waals surface area contributed by atoms with Gasteiger partial charge in [0.2, 0.25) is 11.8 Å². The first-order valence-corrected chi connectivity index (χ1v) is 9.43. The zero-order chi connectivity index (χ0) is 20.9. The van der Waals surface area contributed by atoms with Crippen molar-refractivity contribution >= 4 is 11.8 Å². The first kappa shape index (κ1) is 20.5. The van der Waals surface area contributed by atoms with Crippen LogP contribution in [0.15, 0.2) is 42.5 Å². The Labute approximate surface area is 170 Å². The number of hydrogen-bond donors (Lipinski definition) is 2. The Balaban J connectivity index is 1.55. The minimum Gasteiger partial charge on any atom is -0.497 e. The highest BCUT2D eigenvalue weighted by Gasteiger charge is 2.56. The summed E-state index contributed by atoms with van der Waals surface area (Å²) in [6, 6.07) is 12.9. The zero-order valence-electron chi connectivity index (χ0n) is 16.9. The zero-order valence-corrected chi connectivity index (χ0v) is 16.9. The van der Waals surface area contributed by atoms with E-state index in [1.807, 2.05) is 36.4 Å². The molecule has 0 atom stereocenters. The first-order valence-electron chi connectivity index (χ1n) is 9.43. The molecule has 0 bridgehead atoms. The van der Waals surface area contributed by atoms with E-state index in [-0.39, 0.29) is 11.8 Å². The summed E-state index contributed by atoms with van der Waals surface area (Å²) in [6.45, 7) is 0.681. The van der Waals surface area contributed by atoms with Crippen LogP contribution in [0.4, 0.5) is 0 Å². The summed E-state index contributed by atoms with van der Waals surface area (Å²) in [7, 11) is 4.74. The second-order valence-corrected chi connectivity index (χ2v) is 6.98. The molecule has 29 heavy (non-hydrogen) atoms. The lowest BCUT2D eigenvalue weighted by Gasteiger charge is -2.16. The molecule has 7 heteroatoms. The smallest absolute Gasteiger partial charge is 0.235 e. The third kappa shape index (κ3) is 4.62. The van der Waals surface area contributed by atoms with E-state index in [1.165, 1.54) is 0 Å². The maximum Gasteiger partial charge on any atom is 0.235 e. The summed E-state index contributed by atoms with van der Waals surface area (Å²) >= 11 is 0. The van der Waals surface area contributed by atoms with Gasteiger partial charge < -0.3 is 24.8 Å². The molecule has 2 aromatic carbocycles. The van der Waals surface area contributed by atoms with Gasteiger partial charge in [-0.3, -0.25) is 9.59 Å². The fourth-order valence-electron chi connectivity index (χ4n) is 3.12. The fraction of sp³-hybridized carbons (Fsp3) is 0.364. The molecule has 0 spiro atoms. The molecule has 2 aromatic rings. The van der Waals surface area contributed by atoms with Crippen LogP contribution in [0.1, 0.15) is 24.0 Å². The van der Waals surface area contributed by atoms with Crippen LogP contribution < -0.4 is 24.8 Å². The van der Waals surface area contributed by atoms with Gasteiger partial charge in [0.15, 0.2) is 11.5 Å². The number of amides is 2. The van der Waals surface area contributed by atoms with Crippen molar-refractivity contribution in [3.8, 4) is 17.2 Å². The largest absolute Gasteiger partial charge is 0.497 e. The van der Waals surface area contributed by atoms with Crippen LogP contribution in [0.5, 0.6) is 17.2 Å². The van der Waals surface area contributed by atoms with Crippen LogP contribution in [0.3, 0.4) is 0 Å². The summed E-state index contributed by atoms with van der Waals surface area (Å²) in [4.78, 5) is 25.3. The molecule has 154 valence electrons. The van der Waals surface area contributed by atoms with Gasteiger partial charge in [-0.2, -0.15) is 0 Å². The molecule has 2 amide bonds. The van der Waals surface area contributed by atoms with Gasteiger partial charge in [-0.25, -0.2) is 0 Å². The van der Waals surface area contributed by atoms with E-state index in [9.17, 15) is 9.59 Å². The molecule has 1 aliphatic carbocycles. The highest BCUT2D eigenvalue weighted by atomic mass is 16.5. The molecule has 1 saturated carbocycles. The lowest BCUT2D eigenvalue weighted by molar-refractivity contribution is -0.137. The molecule has 1 aliphatic rings. The Morgan fingerprint density at radius 1 is 0.793 bits per heavy atom. The molecule has 7 nitrogen and oxygen atoms in total. The predicted octanol–water partition coefficient (Wildman–Crippen LogP) is 2.43. The van der Waals surface area contributed by atoms with Gasteiger partial charge in [-0.1, -0.05) is 18.2 Å². The maximum absolute atomic E-state index is 12.7. The molecule has 3 rings (SSSR count). The molecular weight excluding hydrogens is 372 g/mol. The van der Waals surface area contributed by atoms with E-state index < -0.39 is 5.41 Å². The van der Waals surface area contributed by atoms with Crippen LogP contribution in [0, 0.1) is 5.41 Å². The second kappa shape index (κ2) is 8.86. The lowest BCUT2D eigenvalue weighted by atomic mass is 10.0. The van der Waals surface area contributed by atoms with Crippen LogP contribution in [-0.2, 0) is 22.7 Å². The van der Waals surface area contributed by atoms with Gasteiger partial charge in [0.05, 0.1) is 21.3 Å². The topological polar surface area (TPSA) is 85.9 Å². The van der Waals surface area contributed by atoms with Crippen molar-refractivity contribution in [3.05, 3.63) is 53.6 Å². The maximum atomic E-state index is 12.7. The van der Waals surface area contributed by atoms with Gasteiger partial charge in [-0.15, -0.1) is 0 Å². The highest BCUT2D eigenvalue weighted by Crippen LogP contribution is 2.46. The van der Waals surface area contributed by atoms with E-state index >= 15 is 0 Å². The van der Waals surface area contributed by atoms with E-state index in [2.05, 4.69) is 10.6 Å². The van der Waals surface area contributed by atoms with Crippen molar-refractivity contribution in [3.63, 3.8) is 0 Å². The number of benzene rings is 2. The molecule has 1 fully saturated rings. The van der Waals surface area contributed by atoms with Crippen molar-refractivity contribution in [1.82, 2.24) is 10.6 Å². The third-order valence-electron chi connectivity index (χ3n) is 5.13. The number of methoxy groups -OCH3 is 3. The standard InChI is InChI=1S/C22H26N2O5/c1-27-17-7-4-15(5-8-17)13-23-20(25)22(10-11-22)21(26)24-14-16-6-9-18(28-2)19(12-16)29-3/h4-9,12H,10-11,13-14H2,1-3H3,(H,23,25)(H,24,26). The van der Waals surface area contributed by atoms with Gasteiger partial charge in [-0.05, 0) is 48.2 Å². The Morgan fingerprint density at radius 2 is 1.34 bits per heavy atom. The predicted molar refractivity (Wildman–Crippen MR) is 108 cm³/mol. The van der Waals surface area contributed by atoms with Crippen molar-refractivity contribution in [2.24, 2.45) is 5.41 Å². The monoisotopic (exact) mass is 398 g/mol. The SMILES string of the molecule is COc1ccc(CNC(=O)C2(C(=O)NCc3ccc(OC)c(OC)c3)CC2)cc1. The molecule has 0 aromatic heterocycles. The molecular formula is C22H26N2O5. The highest BCUT2D eigenvalue weighted by molar-refractivity contribution is 6.07. The van der Waals surface area contributed by atoms with Crippen LogP contribution in [0.25, 0.3) is 0 Å². The van der Waals surface area contributed by atoms with Gasteiger partial charge in [0.1, 0.15) is 11.2 Å². The molecule has 0 aliphatic heterocycles. The Morgan fingerprint density at radius 3 is 1.86 bits per heavy atom. The van der Waals surface area contributed by atoms with Crippen molar-refractivity contribution < 1.29 is 23.8 Å². The third-order valence-corrected chi connectivity index (χ3v) is 5.13. The molecule has 0 unspecified atom stereocenters. The van der Waals surface area contributed by atoms with Gasteiger partial charge in [0, 0.05) is 13.1 Å². The van der Waals surface area contributed by atoms with Crippen LogP contribution >= 0.6 is 0 Å². The number of hydrogen-bond acceptors (Lipinski definition) is 5. The number of ether oxygens (including phenoxy) is 3. The van der Waals surface area contributed by atoms with Crippen molar-refractivity contribution in [2.45, 2.75) is 25.9 Å². The minimum absolute atomic E-state index is 0.238. The average Bonchev–Trinajstić information content (AvgIpc) is 3.58. The average molecular weight is 398 g/mol. The number of rotatable bonds is 9. The molecule has 0 saturated heterocycles. The van der Waals surface area contributed by atoms with Crippen LogP contribution in [-0.4, -0.2) is 33.1 Å². The van der Waals surface area contributed by atoms with Crippen LogP contribution in [0.2, 0.25) is 0 Å². The Hall–Kier alpha value is -3.22. The number of carbonyl (C=O) groups is 2. The van der Waals surface area contributed by atoms with Crippen molar-refractivity contribution in [2.75, 3.05) is 21.3 Å². The van der Waals surface area contributed by atoms with Crippen molar-refractivity contribution in [1.29, 1.82) is 0 Å². The van der Waals surface area contributed by atoms with E-state index in [1.54, 1.807) is 27.4 Å². The summed E-state index contributed by atoms with van der Waals surface area (Å²) in [5.41, 5.74) is 0.842. The Kier molecular flexibility index (Phi) is 6.26. The molecule has 0 radical (unpaired) electrons. The summed E-state index contributed by atoms with van der Waals surface area (Å²) in [5, 5.41) is 5.75. The second-order valence-electron chi connectivity index (χ2n) is 6.98.